The summed E-state index contributed by atoms with van der Waals surface area (Å²) in [4.78, 5) is 13.7. The van der Waals surface area contributed by atoms with Crippen molar-refractivity contribution >= 4 is 35.0 Å². The predicted octanol–water partition coefficient (Wildman–Crippen LogP) is 8.47. The van der Waals surface area contributed by atoms with Gasteiger partial charge in [-0.3, -0.25) is 4.79 Å². The average molecular weight is 611 g/mol. The SMILES string of the molecule is O=C(Nc1cc(C(F)(F)F)ccc1Cl)C(Sc1nnc(-c2ccccc2F)n1CCc1ccccc1)c1ccccc1. The molecule has 214 valence electrons. The topological polar surface area (TPSA) is 59.8 Å². The van der Waals surface area contributed by atoms with Crippen LogP contribution in [0.1, 0.15) is 21.9 Å². The highest BCUT2D eigenvalue weighted by Crippen LogP contribution is 2.39. The van der Waals surface area contributed by atoms with Gasteiger partial charge in [-0.1, -0.05) is 96.2 Å². The molecule has 0 saturated heterocycles. The molecule has 0 spiro atoms. The molecule has 1 aromatic heterocycles. The summed E-state index contributed by atoms with van der Waals surface area (Å²) in [6.07, 6.45) is -4.04. The highest BCUT2D eigenvalue weighted by Gasteiger charge is 2.32. The van der Waals surface area contributed by atoms with Crippen LogP contribution in [0.5, 0.6) is 0 Å². The number of halogens is 5. The molecule has 1 unspecified atom stereocenters. The highest BCUT2D eigenvalue weighted by atomic mass is 35.5. The lowest BCUT2D eigenvalue weighted by atomic mass is 10.1. The van der Waals surface area contributed by atoms with E-state index < -0.39 is 28.7 Å². The van der Waals surface area contributed by atoms with E-state index in [1.54, 1.807) is 53.1 Å². The number of nitrogens with one attached hydrogen (secondary N) is 1. The Hall–Kier alpha value is -4.15. The number of amides is 1. The van der Waals surface area contributed by atoms with Crippen LogP contribution in [0.15, 0.2) is 108 Å². The fraction of sp³-hybridized carbons (Fsp3) is 0.129. The molecule has 1 N–H and O–H groups in total. The first kappa shape index (κ1) is 29.3. The zero-order valence-electron chi connectivity index (χ0n) is 21.9. The molecule has 5 nitrogen and oxygen atoms in total. The molecule has 0 bridgehead atoms. The molecule has 4 aromatic carbocycles. The Balaban J connectivity index is 1.51. The molecule has 5 rings (SSSR count). The van der Waals surface area contributed by atoms with E-state index in [0.29, 0.717) is 29.5 Å². The van der Waals surface area contributed by atoms with Crippen molar-refractivity contribution in [1.82, 2.24) is 14.8 Å². The number of anilines is 1. The second kappa shape index (κ2) is 12.8. The van der Waals surface area contributed by atoms with E-state index in [1.807, 2.05) is 30.3 Å². The first-order chi connectivity index (χ1) is 20.2. The molecule has 0 aliphatic heterocycles. The van der Waals surface area contributed by atoms with E-state index in [2.05, 4.69) is 15.5 Å². The summed E-state index contributed by atoms with van der Waals surface area (Å²) in [6.45, 7) is 0.381. The summed E-state index contributed by atoms with van der Waals surface area (Å²) in [5.74, 6) is -0.795. The van der Waals surface area contributed by atoms with Crippen molar-refractivity contribution in [3.05, 3.63) is 131 Å². The van der Waals surface area contributed by atoms with Crippen molar-refractivity contribution in [1.29, 1.82) is 0 Å². The lowest BCUT2D eigenvalue weighted by Crippen LogP contribution is -2.20. The normalized spacial score (nSPS) is 12.2. The molecule has 1 atom stereocenters. The molecule has 0 aliphatic carbocycles. The minimum atomic E-state index is -4.62. The smallest absolute Gasteiger partial charge is 0.323 e. The van der Waals surface area contributed by atoms with Crippen LogP contribution >= 0.6 is 23.4 Å². The summed E-state index contributed by atoms with van der Waals surface area (Å²) in [7, 11) is 0. The van der Waals surface area contributed by atoms with Gasteiger partial charge in [0.2, 0.25) is 5.91 Å². The number of alkyl halides is 3. The maximum atomic E-state index is 14.8. The number of rotatable bonds is 9. The molecule has 1 heterocycles. The highest BCUT2D eigenvalue weighted by molar-refractivity contribution is 8.00. The van der Waals surface area contributed by atoms with Gasteiger partial charge in [-0.15, -0.1) is 10.2 Å². The van der Waals surface area contributed by atoms with E-state index in [-0.39, 0.29) is 16.3 Å². The summed E-state index contributed by atoms with van der Waals surface area (Å²) in [6, 6.07) is 27.4. The molecule has 42 heavy (non-hydrogen) atoms. The van der Waals surface area contributed by atoms with Crippen molar-refractivity contribution in [2.45, 2.75) is 29.5 Å². The van der Waals surface area contributed by atoms with Gasteiger partial charge in [0.15, 0.2) is 11.0 Å². The summed E-state index contributed by atoms with van der Waals surface area (Å²) < 4.78 is 56.6. The Morgan fingerprint density at radius 2 is 1.57 bits per heavy atom. The van der Waals surface area contributed by atoms with E-state index in [0.717, 1.165) is 35.5 Å². The first-order valence-corrected chi connectivity index (χ1v) is 14.1. The van der Waals surface area contributed by atoms with Crippen molar-refractivity contribution in [3.8, 4) is 11.4 Å². The van der Waals surface area contributed by atoms with Gasteiger partial charge in [0.25, 0.3) is 0 Å². The Bertz CT molecular complexity index is 1680. The van der Waals surface area contributed by atoms with Gasteiger partial charge in [-0.25, -0.2) is 4.39 Å². The van der Waals surface area contributed by atoms with Gasteiger partial charge in [0.05, 0.1) is 21.8 Å². The van der Waals surface area contributed by atoms with E-state index >= 15 is 0 Å². The molecule has 0 saturated carbocycles. The van der Waals surface area contributed by atoms with Gasteiger partial charge in [-0.05, 0) is 47.9 Å². The second-order valence-corrected chi connectivity index (χ2v) is 10.7. The Labute approximate surface area is 248 Å². The van der Waals surface area contributed by atoms with Gasteiger partial charge in [-0.2, -0.15) is 13.2 Å². The molecule has 0 fully saturated rings. The molecule has 5 aromatic rings. The van der Waals surface area contributed by atoms with Gasteiger partial charge >= 0.3 is 6.18 Å². The predicted molar refractivity (Wildman–Crippen MR) is 156 cm³/mol. The first-order valence-electron chi connectivity index (χ1n) is 12.8. The number of aryl methyl sites for hydroxylation is 1. The van der Waals surface area contributed by atoms with E-state index in [1.165, 1.54) is 6.07 Å². The third-order valence-corrected chi connectivity index (χ3v) is 7.98. The average Bonchev–Trinajstić information content (AvgIpc) is 3.38. The summed E-state index contributed by atoms with van der Waals surface area (Å²) in [5, 5.41) is 10.5. The number of benzene rings is 4. The van der Waals surface area contributed by atoms with E-state index in [4.69, 9.17) is 11.6 Å². The minimum absolute atomic E-state index is 0.0407. The van der Waals surface area contributed by atoms with Crippen LogP contribution in [0.25, 0.3) is 11.4 Å². The standard InChI is InChI=1S/C31H23ClF4N4OS/c32-24-16-15-22(31(34,35)36)19-26(24)37-29(41)27(21-11-5-2-6-12-21)42-30-39-38-28(23-13-7-8-14-25(23)33)40(30)18-17-20-9-3-1-4-10-20/h1-16,19,27H,17-18H2,(H,37,41). The Kier molecular flexibility index (Phi) is 8.94. The molecule has 0 radical (unpaired) electrons. The second-order valence-electron chi connectivity index (χ2n) is 9.26. The van der Waals surface area contributed by atoms with Crippen LogP contribution in [-0.2, 0) is 23.9 Å². The number of aromatic nitrogens is 3. The van der Waals surface area contributed by atoms with E-state index in [9.17, 15) is 22.4 Å². The molecular formula is C31H23ClF4N4OS. The molecular weight excluding hydrogens is 588 g/mol. The zero-order valence-corrected chi connectivity index (χ0v) is 23.4. The Morgan fingerprint density at radius 1 is 0.905 bits per heavy atom. The zero-order chi connectivity index (χ0) is 29.7. The van der Waals surface area contributed by atoms with Crippen LogP contribution in [0.4, 0.5) is 23.2 Å². The number of carbonyl (C=O) groups excluding carboxylic acids is 1. The molecule has 0 aliphatic rings. The monoisotopic (exact) mass is 610 g/mol. The summed E-state index contributed by atoms with van der Waals surface area (Å²) >= 11 is 7.22. The van der Waals surface area contributed by atoms with Crippen molar-refractivity contribution in [2.75, 3.05) is 5.32 Å². The van der Waals surface area contributed by atoms with Gasteiger partial charge < -0.3 is 9.88 Å². The number of nitrogens with zero attached hydrogens (tertiary/aromatic N) is 3. The van der Waals surface area contributed by atoms with Gasteiger partial charge in [0, 0.05) is 6.54 Å². The maximum absolute atomic E-state index is 14.8. The quantitative estimate of drug-likeness (QED) is 0.134. The minimum Gasteiger partial charge on any atom is -0.323 e. The fourth-order valence-corrected chi connectivity index (χ4v) is 5.53. The number of thioether (sulfide) groups is 1. The number of carbonyl (C=O) groups is 1. The van der Waals surface area contributed by atoms with Crippen LogP contribution in [-0.4, -0.2) is 20.7 Å². The Morgan fingerprint density at radius 3 is 2.26 bits per heavy atom. The van der Waals surface area contributed by atoms with Crippen LogP contribution in [0.3, 0.4) is 0 Å². The number of hydrogen-bond acceptors (Lipinski definition) is 4. The fourth-order valence-electron chi connectivity index (χ4n) is 4.31. The van der Waals surface area contributed by atoms with Gasteiger partial charge in [0.1, 0.15) is 11.1 Å². The van der Waals surface area contributed by atoms with Crippen molar-refractivity contribution < 1.29 is 22.4 Å². The van der Waals surface area contributed by atoms with Crippen molar-refractivity contribution in [2.24, 2.45) is 0 Å². The third-order valence-electron chi connectivity index (χ3n) is 6.41. The van der Waals surface area contributed by atoms with Crippen LogP contribution < -0.4 is 5.32 Å². The van der Waals surface area contributed by atoms with Crippen LogP contribution in [0, 0.1) is 5.82 Å². The van der Waals surface area contributed by atoms with Crippen LogP contribution in [0.2, 0.25) is 5.02 Å². The largest absolute Gasteiger partial charge is 0.416 e. The summed E-state index contributed by atoms with van der Waals surface area (Å²) in [5.41, 5.74) is 0.754. The maximum Gasteiger partial charge on any atom is 0.416 e. The lowest BCUT2D eigenvalue weighted by Gasteiger charge is -2.19. The number of hydrogen-bond donors (Lipinski definition) is 1. The molecule has 11 heteroatoms. The van der Waals surface area contributed by atoms with Crippen molar-refractivity contribution in [3.63, 3.8) is 0 Å². The lowest BCUT2D eigenvalue weighted by molar-refractivity contribution is -0.137. The third kappa shape index (κ3) is 6.83. The molecule has 1 amide bonds.